The maximum Gasteiger partial charge on any atom is 0.263 e. The number of nitrogens with zero attached hydrogens (tertiary/aromatic N) is 5. The first-order valence-corrected chi connectivity index (χ1v) is 6.93. The standard InChI is InChI=1S/C14H11N7O/c15-6-9-10-13(21-20-9)18-12(19-14(10)22)8-3-2-7(8)11-16-4-1-5-17-11/h1,4-5,7-8H,2-3H2,(H2,18,19,20,21,22)/t7-,8-/m1/s1. The van der Waals surface area contributed by atoms with Gasteiger partial charge in [-0.3, -0.25) is 9.89 Å². The Morgan fingerprint density at radius 1 is 1.23 bits per heavy atom. The number of hydrogen-bond donors (Lipinski definition) is 2. The van der Waals surface area contributed by atoms with Crippen LogP contribution in [0.25, 0.3) is 11.0 Å². The summed E-state index contributed by atoms with van der Waals surface area (Å²) in [7, 11) is 0. The lowest BCUT2D eigenvalue weighted by atomic mass is 9.72. The molecule has 0 aliphatic heterocycles. The number of hydrogen-bond acceptors (Lipinski definition) is 6. The first-order valence-electron chi connectivity index (χ1n) is 6.93. The summed E-state index contributed by atoms with van der Waals surface area (Å²) in [5.41, 5.74) is 0.0618. The van der Waals surface area contributed by atoms with E-state index in [-0.39, 0.29) is 34.1 Å². The van der Waals surface area contributed by atoms with Crippen LogP contribution >= 0.6 is 0 Å². The molecular weight excluding hydrogens is 282 g/mol. The Kier molecular flexibility index (Phi) is 2.72. The minimum Gasteiger partial charge on any atom is -0.310 e. The van der Waals surface area contributed by atoms with Crippen molar-refractivity contribution in [3.8, 4) is 6.07 Å². The summed E-state index contributed by atoms with van der Waals surface area (Å²) in [4.78, 5) is 27.9. The zero-order chi connectivity index (χ0) is 15.1. The molecule has 108 valence electrons. The average Bonchev–Trinajstić information content (AvgIpc) is 2.91. The van der Waals surface area contributed by atoms with E-state index in [1.165, 1.54) is 0 Å². The smallest absolute Gasteiger partial charge is 0.263 e. The van der Waals surface area contributed by atoms with Gasteiger partial charge in [0.25, 0.3) is 5.56 Å². The molecule has 8 heteroatoms. The number of nitriles is 1. The van der Waals surface area contributed by atoms with Gasteiger partial charge in [-0.15, -0.1) is 0 Å². The predicted octanol–water partition coefficient (Wildman–Crippen LogP) is 0.969. The van der Waals surface area contributed by atoms with Crippen LogP contribution in [0.5, 0.6) is 0 Å². The van der Waals surface area contributed by atoms with E-state index in [2.05, 4.69) is 30.1 Å². The minimum absolute atomic E-state index is 0.0711. The molecule has 1 aliphatic rings. The van der Waals surface area contributed by atoms with Crippen molar-refractivity contribution in [2.45, 2.75) is 24.7 Å². The van der Waals surface area contributed by atoms with Crippen molar-refractivity contribution >= 4 is 11.0 Å². The average molecular weight is 293 g/mol. The van der Waals surface area contributed by atoms with Crippen LogP contribution in [0.4, 0.5) is 0 Å². The van der Waals surface area contributed by atoms with Crippen LogP contribution in [-0.4, -0.2) is 30.1 Å². The number of H-pyrrole nitrogens is 2. The van der Waals surface area contributed by atoms with Crippen molar-refractivity contribution in [3.05, 3.63) is 46.2 Å². The Labute approximate surface area is 124 Å². The lowest BCUT2D eigenvalue weighted by Gasteiger charge is -2.34. The molecule has 3 aromatic heterocycles. The number of aromatic nitrogens is 6. The third kappa shape index (κ3) is 1.79. The highest BCUT2D eigenvalue weighted by molar-refractivity contribution is 5.79. The van der Waals surface area contributed by atoms with Gasteiger partial charge in [0.05, 0.1) is 0 Å². The summed E-state index contributed by atoms with van der Waals surface area (Å²) in [5, 5.41) is 15.6. The first-order chi connectivity index (χ1) is 10.8. The van der Waals surface area contributed by atoms with Crippen LogP contribution in [0.15, 0.2) is 23.3 Å². The third-order valence-corrected chi connectivity index (χ3v) is 4.10. The highest BCUT2D eigenvalue weighted by atomic mass is 16.1. The van der Waals surface area contributed by atoms with E-state index in [1.807, 2.05) is 6.07 Å². The quantitative estimate of drug-likeness (QED) is 0.725. The molecule has 0 spiro atoms. The summed E-state index contributed by atoms with van der Waals surface area (Å²) < 4.78 is 0. The molecular formula is C14H11N7O. The summed E-state index contributed by atoms with van der Waals surface area (Å²) in [6, 6.07) is 3.68. The summed E-state index contributed by atoms with van der Waals surface area (Å²) in [6.07, 6.45) is 5.29. The second kappa shape index (κ2) is 4.73. The Morgan fingerprint density at radius 3 is 2.68 bits per heavy atom. The van der Waals surface area contributed by atoms with Crippen LogP contribution in [0.1, 0.15) is 42.0 Å². The summed E-state index contributed by atoms with van der Waals surface area (Å²) >= 11 is 0. The number of fused-ring (bicyclic) bond motifs is 1. The lowest BCUT2D eigenvalue weighted by molar-refractivity contribution is 0.319. The second-order valence-electron chi connectivity index (χ2n) is 5.26. The van der Waals surface area contributed by atoms with Crippen LogP contribution in [0, 0.1) is 11.3 Å². The Bertz CT molecular complexity index is 937. The SMILES string of the molecule is N#Cc1[nH]nc2nc([C@@H]3CC[C@H]3c3ncccn3)[nH]c(=O)c12. The largest absolute Gasteiger partial charge is 0.310 e. The zero-order valence-electron chi connectivity index (χ0n) is 11.4. The monoisotopic (exact) mass is 293 g/mol. The van der Waals surface area contributed by atoms with Gasteiger partial charge in [0, 0.05) is 24.2 Å². The molecule has 2 N–H and O–H groups in total. The molecule has 22 heavy (non-hydrogen) atoms. The Balaban J connectivity index is 1.76. The molecule has 0 aromatic carbocycles. The van der Waals surface area contributed by atoms with Crippen molar-refractivity contribution in [3.63, 3.8) is 0 Å². The minimum atomic E-state index is -0.343. The van der Waals surface area contributed by atoms with Crippen LogP contribution in [0.3, 0.4) is 0 Å². The van der Waals surface area contributed by atoms with E-state index >= 15 is 0 Å². The second-order valence-corrected chi connectivity index (χ2v) is 5.26. The highest BCUT2D eigenvalue weighted by Gasteiger charge is 2.37. The Hall–Kier alpha value is -3.08. The fourth-order valence-electron chi connectivity index (χ4n) is 2.84. The van der Waals surface area contributed by atoms with E-state index in [9.17, 15) is 4.79 Å². The van der Waals surface area contributed by atoms with Crippen molar-refractivity contribution in [1.82, 2.24) is 30.1 Å². The fraction of sp³-hybridized carbons (Fsp3) is 0.286. The van der Waals surface area contributed by atoms with Crippen LogP contribution < -0.4 is 5.56 Å². The number of aromatic amines is 2. The van der Waals surface area contributed by atoms with Crippen molar-refractivity contribution < 1.29 is 0 Å². The van der Waals surface area contributed by atoms with Gasteiger partial charge in [-0.1, -0.05) is 0 Å². The predicted molar refractivity (Wildman–Crippen MR) is 76.0 cm³/mol. The molecule has 2 atom stereocenters. The molecule has 3 heterocycles. The number of rotatable bonds is 2. The van der Waals surface area contributed by atoms with Gasteiger partial charge in [0.2, 0.25) is 0 Å². The van der Waals surface area contributed by atoms with Gasteiger partial charge in [-0.2, -0.15) is 10.4 Å². The van der Waals surface area contributed by atoms with Crippen molar-refractivity contribution in [2.24, 2.45) is 0 Å². The first kappa shape index (κ1) is 12.6. The maximum absolute atomic E-state index is 12.2. The topological polar surface area (TPSA) is 124 Å². The highest BCUT2D eigenvalue weighted by Crippen LogP contribution is 2.46. The van der Waals surface area contributed by atoms with Crippen molar-refractivity contribution in [1.29, 1.82) is 5.26 Å². The molecule has 0 radical (unpaired) electrons. The maximum atomic E-state index is 12.2. The van der Waals surface area contributed by atoms with E-state index in [0.29, 0.717) is 5.82 Å². The molecule has 1 saturated carbocycles. The van der Waals surface area contributed by atoms with Crippen molar-refractivity contribution in [2.75, 3.05) is 0 Å². The summed E-state index contributed by atoms with van der Waals surface area (Å²) in [5.74, 6) is 1.57. The molecule has 3 aromatic rings. The molecule has 0 amide bonds. The van der Waals surface area contributed by atoms with Gasteiger partial charge in [-0.25, -0.2) is 15.0 Å². The molecule has 1 aliphatic carbocycles. The fourth-order valence-corrected chi connectivity index (χ4v) is 2.84. The molecule has 0 saturated heterocycles. The normalized spacial score (nSPS) is 20.5. The molecule has 0 unspecified atom stereocenters. The van der Waals surface area contributed by atoms with Crippen LogP contribution in [-0.2, 0) is 0 Å². The van der Waals surface area contributed by atoms with Gasteiger partial charge < -0.3 is 4.98 Å². The van der Waals surface area contributed by atoms with Gasteiger partial charge >= 0.3 is 0 Å². The summed E-state index contributed by atoms with van der Waals surface area (Å²) in [6.45, 7) is 0. The van der Waals surface area contributed by atoms with Gasteiger partial charge in [0.15, 0.2) is 11.3 Å². The lowest BCUT2D eigenvalue weighted by Crippen LogP contribution is -2.27. The molecule has 4 rings (SSSR count). The van der Waals surface area contributed by atoms with Crippen LogP contribution in [0.2, 0.25) is 0 Å². The van der Waals surface area contributed by atoms with E-state index in [0.717, 1.165) is 18.7 Å². The number of nitrogens with one attached hydrogen (secondary N) is 2. The molecule has 1 fully saturated rings. The zero-order valence-corrected chi connectivity index (χ0v) is 11.4. The van der Waals surface area contributed by atoms with E-state index in [4.69, 9.17) is 5.26 Å². The van der Waals surface area contributed by atoms with Gasteiger partial charge in [0.1, 0.15) is 23.1 Å². The van der Waals surface area contributed by atoms with E-state index < -0.39 is 0 Å². The third-order valence-electron chi connectivity index (χ3n) is 4.10. The van der Waals surface area contributed by atoms with Gasteiger partial charge in [-0.05, 0) is 18.9 Å². The Morgan fingerprint density at radius 2 is 2.00 bits per heavy atom. The molecule has 8 nitrogen and oxygen atoms in total. The molecule has 0 bridgehead atoms. The van der Waals surface area contributed by atoms with E-state index in [1.54, 1.807) is 18.5 Å².